The Morgan fingerprint density at radius 2 is 1.77 bits per heavy atom. The molecule has 3 N–H and O–H groups in total. The van der Waals surface area contributed by atoms with Crippen molar-refractivity contribution in [3.63, 3.8) is 0 Å². The number of sulfonamides is 1. The molecule has 334 valence electrons. The molecule has 4 amide bonds. The van der Waals surface area contributed by atoms with E-state index < -0.39 is 129 Å². The Hall–Kier alpha value is -4.75. The van der Waals surface area contributed by atoms with Gasteiger partial charge in [0.05, 0.1) is 35.9 Å². The van der Waals surface area contributed by atoms with E-state index in [4.69, 9.17) is 14.2 Å². The minimum absolute atomic E-state index is 0.0609. The molecule has 3 aliphatic carbocycles. The summed E-state index contributed by atoms with van der Waals surface area (Å²) in [5.74, 6) is -10.2. The van der Waals surface area contributed by atoms with E-state index in [2.05, 4.69) is 20.6 Å². The quantitative estimate of drug-likeness (QED) is 0.247. The predicted molar refractivity (Wildman–Crippen MR) is 211 cm³/mol. The number of aromatic nitrogens is 2. The van der Waals surface area contributed by atoms with Crippen molar-refractivity contribution in [3.8, 4) is 11.6 Å². The van der Waals surface area contributed by atoms with Crippen molar-refractivity contribution in [2.24, 2.45) is 23.2 Å². The van der Waals surface area contributed by atoms with Crippen LogP contribution in [0, 0.1) is 23.2 Å². The van der Waals surface area contributed by atoms with Crippen LogP contribution in [0.5, 0.6) is 11.6 Å². The van der Waals surface area contributed by atoms with Crippen molar-refractivity contribution < 1.29 is 59.4 Å². The van der Waals surface area contributed by atoms with E-state index in [1.165, 1.54) is 26.2 Å². The first kappa shape index (κ1) is 44.3. The lowest BCUT2D eigenvalue weighted by Crippen LogP contribution is -2.61. The molecule has 1 saturated heterocycles. The lowest BCUT2D eigenvalue weighted by atomic mass is 9.85. The molecule has 1 aromatic heterocycles. The number of methoxy groups -OCH3 is 1. The van der Waals surface area contributed by atoms with Gasteiger partial charge in [0.1, 0.15) is 35.6 Å². The molecular formula is C41H52F4N6O9S. The van der Waals surface area contributed by atoms with Crippen LogP contribution in [0.3, 0.4) is 0 Å². The second kappa shape index (κ2) is 16.5. The highest BCUT2D eigenvalue weighted by molar-refractivity contribution is 7.91. The highest BCUT2D eigenvalue weighted by Gasteiger charge is 2.67. The molecule has 15 nitrogen and oxygen atoms in total. The number of nitrogens with zero attached hydrogens (tertiary/aromatic N) is 3. The Labute approximate surface area is 351 Å². The lowest BCUT2D eigenvalue weighted by molar-refractivity contribution is -0.143. The van der Waals surface area contributed by atoms with Gasteiger partial charge >= 0.3 is 6.09 Å². The monoisotopic (exact) mass is 880 g/mol. The highest BCUT2D eigenvalue weighted by atomic mass is 32.2. The standard InChI is InChI=1S/C41H52F4N6O9S/c1-21-29-20-51(30(21)34(52)49-40(19-25(40)33(42)43)37(54)50-61(56,57)24-14-15-24)36(53)32(39(2,3)4)48-38(55)60-28-12-7-6-10-22(28)11-8-9-17-41(44,45)31-35(59-29)47-27-18-23(58-5)13-16-26(27)46-31/h6,10,13,16,18,21-22,24-25,28-30,32-33H,7-9,11-12,14-15,17,19-20H2,1-5H3,(H,48,55)(H,49,52)(H,50,54)/t21-,22+,25+,28-,29+,30+,32-,40-/m1/s1. The van der Waals surface area contributed by atoms with Gasteiger partial charge in [-0.15, -0.1) is 0 Å². The number of carbonyl (C=O) groups is 4. The molecule has 1 aromatic carbocycles. The van der Waals surface area contributed by atoms with Crippen LogP contribution in [0.25, 0.3) is 11.0 Å². The molecule has 2 bridgehead atoms. The summed E-state index contributed by atoms with van der Waals surface area (Å²) in [7, 11) is -2.80. The Morgan fingerprint density at radius 3 is 2.43 bits per heavy atom. The molecule has 3 heterocycles. The Bertz CT molecular complexity index is 2200. The van der Waals surface area contributed by atoms with Crippen LogP contribution in [-0.2, 0) is 35.1 Å². The largest absolute Gasteiger partial charge is 0.497 e. The second-order valence-corrected chi connectivity index (χ2v) is 19.9. The number of halogens is 4. The molecule has 3 fully saturated rings. The number of alkyl carbamates (subject to hydrolysis) is 1. The summed E-state index contributed by atoms with van der Waals surface area (Å²) in [6, 6.07) is 1.53. The number of fused-ring (bicyclic) bond motifs is 5. The van der Waals surface area contributed by atoms with Crippen molar-refractivity contribution in [1.29, 1.82) is 0 Å². The van der Waals surface area contributed by atoms with Gasteiger partial charge < -0.3 is 29.7 Å². The maximum Gasteiger partial charge on any atom is 0.408 e. The van der Waals surface area contributed by atoms with E-state index in [-0.39, 0.29) is 36.2 Å². The van der Waals surface area contributed by atoms with Gasteiger partial charge in [0, 0.05) is 24.3 Å². The number of rotatable bonds is 7. The van der Waals surface area contributed by atoms with Crippen LogP contribution in [0.2, 0.25) is 0 Å². The van der Waals surface area contributed by atoms with Crippen molar-refractivity contribution in [2.75, 3.05) is 13.7 Å². The first-order valence-electron chi connectivity index (χ1n) is 20.7. The van der Waals surface area contributed by atoms with E-state index in [0.29, 0.717) is 31.4 Å². The molecule has 0 radical (unpaired) electrons. The number of ether oxygens (including phenoxy) is 3. The number of nitrogens with one attached hydrogen (secondary N) is 3. The van der Waals surface area contributed by atoms with Crippen molar-refractivity contribution in [1.82, 2.24) is 30.2 Å². The lowest BCUT2D eigenvalue weighted by Gasteiger charge is -2.36. The smallest absolute Gasteiger partial charge is 0.408 e. The number of carbonyl (C=O) groups excluding carboxylic acids is 4. The average molecular weight is 881 g/mol. The third-order valence-electron chi connectivity index (χ3n) is 12.5. The van der Waals surface area contributed by atoms with Gasteiger partial charge in [-0.2, -0.15) is 8.78 Å². The van der Waals surface area contributed by atoms with Gasteiger partial charge in [0.2, 0.25) is 34.1 Å². The van der Waals surface area contributed by atoms with E-state index in [0.717, 1.165) is 4.90 Å². The summed E-state index contributed by atoms with van der Waals surface area (Å²) < 4.78 is 106. The van der Waals surface area contributed by atoms with Gasteiger partial charge in [0.15, 0.2) is 5.69 Å². The van der Waals surface area contributed by atoms with E-state index >= 15 is 8.78 Å². The van der Waals surface area contributed by atoms with E-state index in [1.807, 2.05) is 16.9 Å². The zero-order chi connectivity index (χ0) is 44.2. The Kier molecular flexibility index (Phi) is 12.0. The third-order valence-corrected chi connectivity index (χ3v) is 14.3. The number of alkyl halides is 4. The third kappa shape index (κ3) is 9.09. The fourth-order valence-electron chi connectivity index (χ4n) is 8.60. The SMILES string of the molecule is COc1ccc2nc3c(nc2c1)O[C@H]1CN(C(=O)[C@H](C(C)(C)C)NC(=O)O[C@@H]2CCC=C[C@H]2CCCCC3(F)F)[C@H](C(=O)N[C@]2(C(=O)NS(=O)(=O)C3CC3)C[C@H]2C(F)F)[C@@H]1C. The molecule has 0 unspecified atom stereocenters. The first-order valence-corrected chi connectivity index (χ1v) is 22.2. The number of allylic oxidation sites excluding steroid dienone is 1. The summed E-state index contributed by atoms with van der Waals surface area (Å²) in [5, 5.41) is 4.18. The minimum Gasteiger partial charge on any atom is -0.497 e. The van der Waals surface area contributed by atoms with Gasteiger partial charge in [-0.25, -0.2) is 32.0 Å². The number of hydrogen-bond acceptors (Lipinski definition) is 11. The van der Waals surface area contributed by atoms with Crippen LogP contribution < -0.4 is 24.8 Å². The molecule has 7 rings (SSSR count). The normalized spacial score (nSPS) is 30.8. The van der Waals surface area contributed by atoms with Crippen molar-refractivity contribution >= 4 is 44.9 Å². The van der Waals surface area contributed by atoms with Crippen LogP contribution in [0.1, 0.15) is 91.2 Å². The maximum absolute atomic E-state index is 16.4. The van der Waals surface area contributed by atoms with Crippen LogP contribution >= 0.6 is 0 Å². The average Bonchev–Trinajstić information content (AvgIpc) is 4.12. The number of amides is 4. The van der Waals surface area contributed by atoms with E-state index in [9.17, 15) is 36.4 Å². The summed E-state index contributed by atoms with van der Waals surface area (Å²) in [6.07, 6.45) is -0.883. The fourth-order valence-corrected chi connectivity index (χ4v) is 9.96. The van der Waals surface area contributed by atoms with Crippen molar-refractivity contribution in [3.05, 3.63) is 36.0 Å². The summed E-state index contributed by atoms with van der Waals surface area (Å²) in [6.45, 7) is 6.03. The maximum atomic E-state index is 16.4. The van der Waals surface area contributed by atoms with Crippen molar-refractivity contribution in [2.45, 2.75) is 133 Å². The molecule has 2 aromatic rings. The fraction of sp³-hybridized carbons (Fsp3) is 0.659. The topological polar surface area (TPSA) is 195 Å². The van der Waals surface area contributed by atoms with Gasteiger partial charge in [0.25, 0.3) is 11.8 Å². The van der Waals surface area contributed by atoms with Crippen LogP contribution in [0.4, 0.5) is 22.4 Å². The molecule has 0 spiro atoms. The zero-order valence-electron chi connectivity index (χ0n) is 34.6. The number of benzene rings is 1. The van der Waals surface area contributed by atoms with Gasteiger partial charge in [-0.1, -0.05) is 46.3 Å². The Morgan fingerprint density at radius 1 is 1.03 bits per heavy atom. The first-order chi connectivity index (χ1) is 28.6. The van der Waals surface area contributed by atoms with E-state index in [1.54, 1.807) is 26.8 Å². The molecule has 2 aliphatic heterocycles. The van der Waals surface area contributed by atoms with Crippen LogP contribution in [0.15, 0.2) is 30.4 Å². The Balaban J connectivity index is 1.30. The minimum atomic E-state index is -4.22. The number of hydrogen-bond donors (Lipinski definition) is 3. The highest BCUT2D eigenvalue weighted by Crippen LogP contribution is 2.49. The predicted octanol–water partition coefficient (Wildman–Crippen LogP) is 5.12. The molecule has 20 heteroatoms. The zero-order valence-corrected chi connectivity index (χ0v) is 35.4. The van der Waals surface area contributed by atoms with Gasteiger partial charge in [-0.05, 0) is 62.5 Å². The second-order valence-electron chi connectivity index (χ2n) is 18.0. The summed E-state index contributed by atoms with van der Waals surface area (Å²) >= 11 is 0. The molecule has 2 saturated carbocycles. The summed E-state index contributed by atoms with van der Waals surface area (Å²) in [5.41, 5.74) is -3.87. The van der Waals surface area contributed by atoms with Crippen LogP contribution in [-0.4, -0.2) is 102 Å². The summed E-state index contributed by atoms with van der Waals surface area (Å²) in [4.78, 5) is 66.4. The molecule has 5 aliphatic rings. The molecule has 61 heavy (non-hydrogen) atoms. The van der Waals surface area contributed by atoms with Gasteiger partial charge in [-0.3, -0.25) is 19.1 Å². The molecular weight excluding hydrogens is 829 g/mol. The molecule has 8 atom stereocenters.